The topological polar surface area (TPSA) is 12.0 Å². The summed E-state index contributed by atoms with van der Waals surface area (Å²) in [6.45, 7) is 9.60. The fraction of sp³-hybridized carbons (Fsp3) is 0.684. The second-order valence-electron chi connectivity index (χ2n) is 7.66. The van der Waals surface area contributed by atoms with Crippen molar-refractivity contribution >= 4 is 0 Å². The fourth-order valence-electron chi connectivity index (χ4n) is 4.87. The van der Waals surface area contributed by atoms with Gasteiger partial charge in [-0.2, -0.15) is 0 Å². The summed E-state index contributed by atoms with van der Waals surface area (Å²) >= 11 is 0. The molecule has 1 N–H and O–H groups in total. The van der Waals surface area contributed by atoms with Crippen LogP contribution in [0, 0.1) is 17.8 Å². The number of hydrogen-bond donors (Lipinski definition) is 1. The van der Waals surface area contributed by atoms with Crippen LogP contribution in [-0.2, 0) is 0 Å². The molecular formula is C19H29N. The zero-order chi connectivity index (χ0) is 14.2. The van der Waals surface area contributed by atoms with E-state index in [1.807, 2.05) is 0 Å². The summed E-state index contributed by atoms with van der Waals surface area (Å²) in [6.07, 6.45) is 7.00. The van der Waals surface area contributed by atoms with Crippen molar-refractivity contribution in [1.29, 1.82) is 0 Å². The van der Waals surface area contributed by atoms with Crippen LogP contribution >= 0.6 is 0 Å². The second-order valence-corrected chi connectivity index (χ2v) is 7.66. The molecule has 1 saturated carbocycles. The Kier molecular flexibility index (Phi) is 3.66. The maximum Gasteiger partial charge on any atom is 0.00257 e. The Hall–Kier alpha value is -0.820. The predicted molar refractivity (Wildman–Crippen MR) is 86.1 cm³/mol. The summed E-state index contributed by atoms with van der Waals surface area (Å²) in [4.78, 5) is 0. The van der Waals surface area contributed by atoms with Crippen molar-refractivity contribution in [3.63, 3.8) is 0 Å². The number of benzene rings is 1. The van der Waals surface area contributed by atoms with Gasteiger partial charge in [-0.05, 0) is 49.1 Å². The van der Waals surface area contributed by atoms with Gasteiger partial charge in [0.25, 0.3) is 0 Å². The Bertz CT molecular complexity index is 453. The Morgan fingerprint density at radius 1 is 1.00 bits per heavy atom. The van der Waals surface area contributed by atoms with Crippen LogP contribution < -0.4 is 5.32 Å². The summed E-state index contributed by atoms with van der Waals surface area (Å²) in [5.74, 6) is 0.687. The van der Waals surface area contributed by atoms with E-state index in [9.17, 15) is 0 Å². The van der Waals surface area contributed by atoms with Crippen LogP contribution in [0.2, 0.25) is 0 Å². The maximum atomic E-state index is 3.66. The normalized spacial score (nSPS) is 33.2. The van der Waals surface area contributed by atoms with Crippen LogP contribution in [0.1, 0.15) is 63.0 Å². The Labute approximate surface area is 124 Å². The van der Waals surface area contributed by atoms with Gasteiger partial charge < -0.3 is 5.32 Å². The first-order chi connectivity index (χ1) is 9.55. The monoisotopic (exact) mass is 271 g/mol. The maximum absolute atomic E-state index is 3.66. The van der Waals surface area contributed by atoms with Gasteiger partial charge in [0.15, 0.2) is 0 Å². The molecule has 2 atom stereocenters. The fourth-order valence-corrected chi connectivity index (χ4v) is 4.87. The highest BCUT2D eigenvalue weighted by molar-refractivity contribution is 5.28. The third-order valence-corrected chi connectivity index (χ3v) is 6.27. The van der Waals surface area contributed by atoms with E-state index in [1.54, 1.807) is 5.56 Å². The molecule has 1 saturated heterocycles. The van der Waals surface area contributed by atoms with Crippen LogP contribution in [-0.4, -0.2) is 13.1 Å². The van der Waals surface area contributed by atoms with E-state index < -0.39 is 0 Å². The van der Waals surface area contributed by atoms with E-state index in [-0.39, 0.29) is 0 Å². The molecule has 1 heterocycles. The molecule has 0 aromatic heterocycles. The van der Waals surface area contributed by atoms with E-state index >= 15 is 0 Å². The van der Waals surface area contributed by atoms with E-state index in [2.05, 4.69) is 50.4 Å². The van der Waals surface area contributed by atoms with Crippen molar-refractivity contribution < 1.29 is 0 Å². The number of hydrogen-bond acceptors (Lipinski definition) is 1. The molecule has 1 heteroatoms. The highest BCUT2D eigenvalue weighted by atomic mass is 14.9. The SMILES string of the molecule is Cc1ccc(C2CNCCC23CCCCC3(C)C)cc1. The van der Waals surface area contributed by atoms with Crippen molar-refractivity contribution in [3.05, 3.63) is 35.4 Å². The van der Waals surface area contributed by atoms with Gasteiger partial charge in [0.05, 0.1) is 0 Å². The molecule has 1 nitrogen and oxygen atoms in total. The summed E-state index contributed by atoms with van der Waals surface area (Å²) in [6, 6.07) is 9.32. The van der Waals surface area contributed by atoms with E-state index in [4.69, 9.17) is 0 Å². The van der Waals surface area contributed by atoms with Crippen LogP contribution in [0.3, 0.4) is 0 Å². The molecule has 110 valence electrons. The molecule has 0 radical (unpaired) electrons. The van der Waals surface area contributed by atoms with E-state index in [0.717, 1.165) is 6.54 Å². The van der Waals surface area contributed by atoms with Crippen LogP contribution in [0.5, 0.6) is 0 Å². The molecule has 1 spiro atoms. The Morgan fingerprint density at radius 2 is 1.70 bits per heavy atom. The highest BCUT2D eigenvalue weighted by Gasteiger charge is 2.52. The minimum Gasteiger partial charge on any atom is -0.316 e. The van der Waals surface area contributed by atoms with Gasteiger partial charge in [-0.15, -0.1) is 0 Å². The van der Waals surface area contributed by atoms with E-state index in [0.29, 0.717) is 16.7 Å². The van der Waals surface area contributed by atoms with Gasteiger partial charge in [0.1, 0.15) is 0 Å². The Balaban J connectivity index is 2.00. The quantitative estimate of drug-likeness (QED) is 0.783. The minimum absolute atomic E-state index is 0.475. The minimum atomic E-state index is 0.475. The van der Waals surface area contributed by atoms with Crippen molar-refractivity contribution in [2.45, 2.75) is 58.8 Å². The summed E-state index contributed by atoms with van der Waals surface area (Å²) in [5.41, 5.74) is 3.90. The molecule has 3 rings (SSSR count). The first-order valence-corrected chi connectivity index (χ1v) is 8.32. The Morgan fingerprint density at radius 3 is 2.40 bits per heavy atom. The van der Waals surface area contributed by atoms with Gasteiger partial charge in [0, 0.05) is 12.5 Å². The summed E-state index contributed by atoms with van der Waals surface area (Å²) < 4.78 is 0. The smallest absolute Gasteiger partial charge is 0.00257 e. The number of piperidine rings is 1. The van der Waals surface area contributed by atoms with Gasteiger partial charge in [0.2, 0.25) is 0 Å². The third kappa shape index (κ3) is 2.20. The zero-order valence-corrected chi connectivity index (χ0v) is 13.3. The van der Waals surface area contributed by atoms with Gasteiger partial charge in [-0.25, -0.2) is 0 Å². The zero-order valence-electron chi connectivity index (χ0n) is 13.3. The second kappa shape index (κ2) is 5.18. The largest absolute Gasteiger partial charge is 0.316 e. The summed E-state index contributed by atoms with van der Waals surface area (Å²) in [5, 5.41) is 3.66. The lowest BCUT2D eigenvalue weighted by atomic mass is 9.49. The van der Waals surface area contributed by atoms with Crippen molar-refractivity contribution in [3.8, 4) is 0 Å². The van der Waals surface area contributed by atoms with Gasteiger partial charge in [-0.3, -0.25) is 0 Å². The number of aryl methyl sites for hydroxylation is 1. The average molecular weight is 271 g/mol. The van der Waals surface area contributed by atoms with E-state index in [1.165, 1.54) is 44.2 Å². The molecule has 0 bridgehead atoms. The first kappa shape index (κ1) is 14.1. The molecule has 0 amide bonds. The van der Waals surface area contributed by atoms with Crippen LogP contribution in [0.15, 0.2) is 24.3 Å². The molecule has 1 aromatic rings. The van der Waals surface area contributed by atoms with Crippen molar-refractivity contribution in [2.24, 2.45) is 10.8 Å². The molecular weight excluding hydrogens is 242 g/mol. The van der Waals surface area contributed by atoms with Crippen molar-refractivity contribution in [2.75, 3.05) is 13.1 Å². The number of rotatable bonds is 1. The average Bonchev–Trinajstić information content (AvgIpc) is 2.44. The molecule has 2 fully saturated rings. The van der Waals surface area contributed by atoms with Gasteiger partial charge in [-0.1, -0.05) is 56.5 Å². The van der Waals surface area contributed by atoms with Crippen LogP contribution in [0.4, 0.5) is 0 Å². The molecule has 1 aliphatic carbocycles. The highest BCUT2D eigenvalue weighted by Crippen LogP contribution is 2.60. The molecule has 1 aliphatic heterocycles. The lowest BCUT2D eigenvalue weighted by Crippen LogP contribution is -2.53. The summed E-state index contributed by atoms with van der Waals surface area (Å²) in [7, 11) is 0. The first-order valence-electron chi connectivity index (χ1n) is 8.32. The lowest BCUT2D eigenvalue weighted by molar-refractivity contribution is -0.0320. The predicted octanol–water partition coefficient (Wildman–Crippen LogP) is 4.66. The van der Waals surface area contributed by atoms with Crippen molar-refractivity contribution in [1.82, 2.24) is 5.32 Å². The number of nitrogens with one attached hydrogen (secondary N) is 1. The molecule has 2 aliphatic rings. The van der Waals surface area contributed by atoms with Crippen LogP contribution in [0.25, 0.3) is 0 Å². The molecule has 1 aromatic carbocycles. The lowest BCUT2D eigenvalue weighted by Gasteiger charge is -2.57. The third-order valence-electron chi connectivity index (χ3n) is 6.27. The van der Waals surface area contributed by atoms with Gasteiger partial charge >= 0.3 is 0 Å². The standard InChI is InChI=1S/C19H29N/c1-15-6-8-16(9-7-15)17-14-20-13-12-19(17)11-5-4-10-18(19,2)3/h6-9,17,20H,4-5,10-14H2,1-3H3. The molecule has 20 heavy (non-hydrogen) atoms. The molecule has 2 unspecified atom stereocenters.